The average Bonchev–Trinajstić information content (AvgIpc) is 2.64. The van der Waals surface area contributed by atoms with Gasteiger partial charge in [0.15, 0.2) is 0 Å². The van der Waals surface area contributed by atoms with Gasteiger partial charge in [-0.1, -0.05) is 33.6 Å². The highest BCUT2D eigenvalue weighted by Crippen LogP contribution is 2.43. The Morgan fingerprint density at radius 1 is 1.29 bits per heavy atom. The molecule has 1 spiro atoms. The van der Waals surface area contributed by atoms with Crippen molar-refractivity contribution in [3.05, 3.63) is 0 Å². The molecule has 2 nitrogen and oxygen atoms in total. The molecule has 1 saturated heterocycles. The second kappa shape index (κ2) is 4.89. The van der Waals surface area contributed by atoms with Crippen LogP contribution in [0.25, 0.3) is 0 Å². The number of aliphatic hydroxyl groups is 1. The van der Waals surface area contributed by atoms with Crippen molar-refractivity contribution in [1.29, 1.82) is 0 Å². The van der Waals surface area contributed by atoms with E-state index in [2.05, 4.69) is 20.8 Å². The van der Waals surface area contributed by atoms with Gasteiger partial charge in [-0.15, -0.1) is 0 Å². The largest absolute Gasteiger partial charge is 0.393 e. The van der Waals surface area contributed by atoms with E-state index in [0.29, 0.717) is 5.92 Å². The van der Waals surface area contributed by atoms with Crippen molar-refractivity contribution in [3.63, 3.8) is 0 Å². The minimum absolute atomic E-state index is 0.141. The van der Waals surface area contributed by atoms with Crippen molar-refractivity contribution in [3.8, 4) is 0 Å². The first kappa shape index (κ1) is 13.4. The van der Waals surface area contributed by atoms with Gasteiger partial charge in [-0.2, -0.15) is 0 Å². The molecular weight excluding hydrogens is 212 g/mol. The van der Waals surface area contributed by atoms with Crippen molar-refractivity contribution in [2.75, 3.05) is 6.61 Å². The van der Waals surface area contributed by atoms with Crippen molar-refractivity contribution in [2.45, 2.75) is 77.4 Å². The van der Waals surface area contributed by atoms with Crippen LogP contribution in [0.15, 0.2) is 0 Å². The first-order valence-electron chi connectivity index (χ1n) is 7.22. The summed E-state index contributed by atoms with van der Waals surface area (Å²) in [5, 5.41) is 10.4. The molecule has 2 unspecified atom stereocenters. The van der Waals surface area contributed by atoms with Gasteiger partial charge in [0, 0.05) is 6.61 Å². The number of aliphatic hydroxyl groups excluding tert-OH is 1. The Kier molecular flexibility index (Phi) is 3.84. The highest BCUT2D eigenvalue weighted by Gasteiger charge is 2.42. The molecule has 17 heavy (non-hydrogen) atoms. The van der Waals surface area contributed by atoms with Gasteiger partial charge in [-0.3, -0.25) is 0 Å². The molecule has 2 fully saturated rings. The molecular formula is C15H28O2. The molecule has 0 bridgehead atoms. The standard InChI is InChI=1S/C15H28O2/c1-14(2,3)11-13(16)12-6-9-17-15(10-12)7-4-5-8-15/h12-13,16H,4-11H2,1-3H3. The van der Waals surface area contributed by atoms with Gasteiger partial charge in [-0.05, 0) is 43.4 Å². The predicted octanol–water partition coefficient (Wildman–Crippen LogP) is 3.52. The lowest BCUT2D eigenvalue weighted by atomic mass is 9.77. The van der Waals surface area contributed by atoms with E-state index in [1.807, 2.05) is 0 Å². The van der Waals surface area contributed by atoms with Crippen LogP contribution in [0.1, 0.15) is 65.7 Å². The van der Waals surface area contributed by atoms with Gasteiger partial charge in [0.2, 0.25) is 0 Å². The zero-order chi connectivity index (χ0) is 12.5. The van der Waals surface area contributed by atoms with Gasteiger partial charge >= 0.3 is 0 Å². The minimum Gasteiger partial charge on any atom is -0.393 e. The summed E-state index contributed by atoms with van der Waals surface area (Å²) < 4.78 is 6.03. The van der Waals surface area contributed by atoms with E-state index in [9.17, 15) is 5.11 Å². The third-order valence-electron chi connectivity index (χ3n) is 4.41. The first-order chi connectivity index (χ1) is 7.90. The highest BCUT2D eigenvalue weighted by molar-refractivity contribution is 4.93. The van der Waals surface area contributed by atoms with Gasteiger partial charge in [-0.25, -0.2) is 0 Å². The van der Waals surface area contributed by atoms with E-state index in [-0.39, 0.29) is 17.1 Å². The molecule has 0 amide bonds. The van der Waals surface area contributed by atoms with E-state index in [1.54, 1.807) is 0 Å². The lowest BCUT2D eigenvalue weighted by molar-refractivity contribution is -0.116. The molecule has 2 rings (SSSR count). The first-order valence-corrected chi connectivity index (χ1v) is 7.22. The van der Waals surface area contributed by atoms with Crippen LogP contribution < -0.4 is 0 Å². The third-order valence-corrected chi connectivity index (χ3v) is 4.41. The fourth-order valence-corrected chi connectivity index (χ4v) is 3.56. The smallest absolute Gasteiger partial charge is 0.0686 e. The fourth-order valence-electron chi connectivity index (χ4n) is 3.56. The Morgan fingerprint density at radius 3 is 2.53 bits per heavy atom. The maximum atomic E-state index is 10.4. The van der Waals surface area contributed by atoms with E-state index in [0.717, 1.165) is 25.9 Å². The van der Waals surface area contributed by atoms with Crippen LogP contribution in [0.3, 0.4) is 0 Å². The molecule has 1 heterocycles. The molecule has 0 aromatic rings. The summed E-state index contributed by atoms with van der Waals surface area (Å²) in [5.41, 5.74) is 0.363. The fraction of sp³-hybridized carbons (Fsp3) is 1.00. The second-order valence-electron chi connectivity index (χ2n) is 7.32. The molecule has 1 aliphatic heterocycles. The van der Waals surface area contributed by atoms with Gasteiger partial charge in [0.1, 0.15) is 0 Å². The van der Waals surface area contributed by atoms with Crippen LogP contribution in [0, 0.1) is 11.3 Å². The Balaban J connectivity index is 1.92. The summed E-state index contributed by atoms with van der Waals surface area (Å²) >= 11 is 0. The van der Waals surface area contributed by atoms with Crippen LogP contribution in [-0.2, 0) is 4.74 Å². The van der Waals surface area contributed by atoms with Crippen LogP contribution in [-0.4, -0.2) is 23.4 Å². The monoisotopic (exact) mass is 240 g/mol. The average molecular weight is 240 g/mol. The predicted molar refractivity (Wildman–Crippen MR) is 70.0 cm³/mol. The molecule has 100 valence electrons. The van der Waals surface area contributed by atoms with E-state index >= 15 is 0 Å². The summed E-state index contributed by atoms with van der Waals surface area (Å²) in [6, 6.07) is 0. The van der Waals surface area contributed by atoms with Crippen LogP contribution in [0.4, 0.5) is 0 Å². The Labute approximate surface area is 106 Å². The summed E-state index contributed by atoms with van der Waals surface area (Å²) in [6.45, 7) is 7.48. The molecule has 2 aliphatic rings. The third kappa shape index (κ3) is 3.45. The minimum atomic E-state index is -0.142. The summed E-state index contributed by atoms with van der Waals surface area (Å²) in [5.74, 6) is 0.459. The summed E-state index contributed by atoms with van der Waals surface area (Å²) in [6.07, 6.45) is 7.94. The summed E-state index contributed by atoms with van der Waals surface area (Å²) in [7, 11) is 0. The topological polar surface area (TPSA) is 29.5 Å². The normalized spacial score (nSPS) is 30.7. The van der Waals surface area contributed by atoms with E-state index in [1.165, 1.54) is 25.7 Å². The SMILES string of the molecule is CC(C)(C)CC(O)C1CCOC2(CCCC2)C1. The molecule has 2 atom stereocenters. The molecule has 0 aromatic carbocycles. The van der Waals surface area contributed by atoms with Crippen LogP contribution in [0.5, 0.6) is 0 Å². The maximum Gasteiger partial charge on any atom is 0.0686 e. The van der Waals surface area contributed by atoms with E-state index < -0.39 is 0 Å². The zero-order valence-electron chi connectivity index (χ0n) is 11.7. The second-order valence-corrected chi connectivity index (χ2v) is 7.32. The molecule has 0 aromatic heterocycles. The number of ether oxygens (including phenoxy) is 1. The Morgan fingerprint density at radius 2 is 1.94 bits per heavy atom. The lowest BCUT2D eigenvalue weighted by Gasteiger charge is -2.41. The molecule has 1 N–H and O–H groups in total. The van der Waals surface area contributed by atoms with Crippen LogP contribution in [0.2, 0.25) is 0 Å². The zero-order valence-corrected chi connectivity index (χ0v) is 11.7. The molecule has 1 saturated carbocycles. The Hall–Kier alpha value is -0.0800. The van der Waals surface area contributed by atoms with Crippen LogP contribution >= 0.6 is 0 Å². The Bertz CT molecular complexity index is 248. The number of hydrogen-bond donors (Lipinski definition) is 1. The molecule has 2 heteroatoms. The highest BCUT2D eigenvalue weighted by atomic mass is 16.5. The van der Waals surface area contributed by atoms with Crippen molar-refractivity contribution in [2.24, 2.45) is 11.3 Å². The maximum absolute atomic E-state index is 10.4. The van der Waals surface area contributed by atoms with Gasteiger partial charge in [0.25, 0.3) is 0 Å². The van der Waals surface area contributed by atoms with Gasteiger partial charge < -0.3 is 9.84 Å². The van der Waals surface area contributed by atoms with Gasteiger partial charge in [0.05, 0.1) is 11.7 Å². The molecule has 1 aliphatic carbocycles. The lowest BCUT2D eigenvalue weighted by Crippen LogP contribution is -2.41. The molecule has 0 radical (unpaired) electrons. The van der Waals surface area contributed by atoms with E-state index in [4.69, 9.17) is 4.74 Å². The van der Waals surface area contributed by atoms with Crippen molar-refractivity contribution in [1.82, 2.24) is 0 Å². The summed E-state index contributed by atoms with van der Waals surface area (Å²) in [4.78, 5) is 0. The quantitative estimate of drug-likeness (QED) is 0.800. The number of hydrogen-bond acceptors (Lipinski definition) is 2. The van der Waals surface area contributed by atoms with Crippen molar-refractivity contribution >= 4 is 0 Å². The van der Waals surface area contributed by atoms with Crippen molar-refractivity contribution < 1.29 is 9.84 Å². The number of rotatable bonds is 2.